The van der Waals surface area contributed by atoms with Gasteiger partial charge in [0, 0.05) is 24.4 Å². The van der Waals surface area contributed by atoms with Crippen LogP contribution >= 0.6 is 11.8 Å². The van der Waals surface area contributed by atoms with E-state index in [0.29, 0.717) is 11.1 Å². The monoisotopic (exact) mass is 278 g/mol. The second-order valence-electron chi connectivity index (χ2n) is 3.79. The van der Waals surface area contributed by atoms with Gasteiger partial charge in [-0.2, -0.15) is 0 Å². The van der Waals surface area contributed by atoms with E-state index in [1.807, 2.05) is 13.8 Å². The van der Waals surface area contributed by atoms with Gasteiger partial charge >= 0.3 is 0 Å². The molecule has 8 heteroatoms. The number of nitrogens with two attached hydrogens (primary N) is 1. The van der Waals surface area contributed by atoms with Crippen LogP contribution in [0.4, 0.5) is 11.8 Å². The van der Waals surface area contributed by atoms with Crippen molar-refractivity contribution in [3.8, 4) is 0 Å². The molecule has 2 rings (SSSR count). The molecule has 7 nitrogen and oxygen atoms in total. The lowest BCUT2D eigenvalue weighted by atomic mass is 10.4. The number of aryl methyl sites for hydroxylation is 1. The number of hydrogen-bond donors (Lipinski definition) is 3. The maximum atomic E-state index is 11.3. The Bertz CT molecular complexity index is 641. The van der Waals surface area contributed by atoms with E-state index in [4.69, 9.17) is 5.73 Å². The van der Waals surface area contributed by atoms with Crippen molar-refractivity contribution in [3.63, 3.8) is 0 Å². The topological polar surface area (TPSA) is 110 Å². The van der Waals surface area contributed by atoms with Gasteiger partial charge in [-0.1, -0.05) is 0 Å². The third kappa shape index (κ3) is 3.44. The lowest BCUT2D eigenvalue weighted by Gasteiger charge is -2.06. The molecule has 0 saturated heterocycles. The fraction of sp³-hybridized carbons (Fsp3) is 0.273. The van der Waals surface area contributed by atoms with E-state index in [9.17, 15) is 4.79 Å². The van der Waals surface area contributed by atoms with Crippen LogP contribution in [0.3, 0.4) is 0 Å². The van der Waals surface area contributed by atoms with Gasteiger partial charge < -0.3 is 16.0 Å². The number of aromatic amines is 1. The van der Waals surface area contributed by atoms with E-state index >= 15 is 0 Å². The molecule has 0 aliphatic heterocycles. The summed E-state index contributed by atoms with van der Waals surface area (Å²) < 4.78 is 0. The molecule has 2 aromatic rings. The maximum absolute atomic E-state index is 11.3. The summed E-state index contributed by atoms with van der Waals surface area (Å²) in [6, 6.07) is 1.24. The maximum Gasteiger partial charge on any atom is 0.253 e. The molecule has 0 saturated carbocycles. The van der Waals surface area contributed by atoms with Crippen molar-refractivity contribution in [2.45, 2.75) is 24.0 Å². The molecule has 0 atom stereocenters. The number of nitrogens with zero attached hydrogens (tertiary/aromatic N) is 3. The van der Waals surface area contributed by atoms with Crippen LogP contribution in [0.5, 0.6) is 0 Å². The zero-order valence-electron chi connectivity index (χ0n) is 10.6. The Kier molecular flexibility index (Phi) is 4.00. The van der Waals surface area contributed by atoms with E-state index in [-0.39, 0.29) is 11.4 Å². The Morgan fingerprint density at radius 3 is 2.95 bits per heavy atom. The second kappa shape index (κ2) is 5.70. The summed E-state index contributed by atoms with van der Waals surface area (Å²) in [7, 11) is 0. The number of anilines is 2. The zero-order valence-corrected chi connectivity index (χ0v) is 11.4. The number of H-pyrrole nitrogens is 1. The molecule has 0 bridgehead atoms. The predicted molar refractivity (Wildman–Crippen MR) is 74.3 cm³/mol. The highest BCUT2D eigenvalue weighted by atomic mass is 32.2. The highest BCUT2D eigenvalue weighted by Gasteiger charge is 2.08. The summed E-state index contributed by atoms with van der Waals surface area (Å²) in [5.41, 5.74) is 6.16. The minimum atomic E-state index is -0.284. The Hall–Kier alpha value is -2.09. The summed E-state index contributed by atoms with van der Waals surface area (Å²) in [6.07, 6.45) is 1.72. The van der Waals surface area contributed by atoms with Gasteiger partial charge in [0.1, 0.15) is 10.8 Å². The van der Waals surface area contributed by atoms with E-state index in [1.165, 1.54) is 17.8 Å². The van der Waals surface area contributed by atoms with Crippen molar-refractivity contribution < 1.29 is 0 Å². The van der Waals surface area contributed by atoms with Crippen molar-refractivity contribution in [1.29, 1.82) is 0 Å². The molecule has 19 heavy (non-hydrogen) atoms. The van der Waals surface area contributed by atoms with Crippen LogP contribution in [0.2, 0.25) is 0 Å². The fourth-order valence-electron chi connectivity index (χ4n) is 1.37. The predicted octanol–water partition coefficient (Wildman–Crippen LogP) is 1.03. The highest BCUT2D eigenvalue weighted by molar-refractivity contribution is 7.99. The largest absolute Gasteiger partial charge is 0.383 e. The molecular formula is C11H14N6OS. The minimum absolute atomic E-state index is 0.185. The zero-order chi connectivity index (χ0) is 13.8. The number of rotatable bonds is 4. The standard InChI is InChI=1S/C11H14N6OS/c1-3-13-10-14-5-6(2)9(17-10)19-11-15-7(12)4-8(18)16-11/h4-5H,3H2,1-2H3,(H,13,14,17)(H3,12,15,16,18). The van der Waals surface area contributed by atoms with Crippen LogP contribution < -0.4 is 16.6 Å². The van der Waals surface area contributed by atoms with Gasteiger partial charge in [0.25, 0.3) is 5.56 Å². The Labute approximate surface area is 114 Å². The fourth-order valence-corrected chi connectivity index (χ4v) is 2.20. The number of hydrogen-bond acceptors (Lipinski definition) is 7. The summed E-state index contributed by atoms with van der Waals surface area (Å²) in [6.45, 7) is 4.59. The highest BCUT2D eigenvalue weighted by Crippen LogP contribution is 2.25. The molecule has 0 aliphatic rings. The molecule has 0 aromatic carbocycles. The summed E-state index contributed by atoms with van der Waals surface area (Å²) in [4.78, 5) is 26.5. The normalized spacial score (nSPS) is 10.4. The summed E-state index contributed by atoms with van der Waals surface area (Å²) in [5.74, 6) is 0.728. The van der Waals surface area contributed by atoms with Gasteiger partial charge in [-0.15, -0.1) is 0 Å². The lowest BCUT2D eigenvalue weighted by molar-refractivity contribution is 0.929. The average Bonchev–Trinajstić information content (AvgIpc) is 2.32. The van der Waals surface area contributed by atoms with Crippen LogP contribution in [-0.2, 0) is 0 Å². The van der Waals surface area contributed by atoms with Crippen LogP contribution in [0.25, 0.3) is 0 Å². The Balaban J connectivity index is 2.31. The van der Waals surface area contributed by atoms with Crippen LogP contribution in [-0.4, -0.2) is 26.5 Å². The van der Waals surface area contributed by atoms with Gasteiger partial charge in [-0.25, -0.2) is 15.0 Å². The Morgan fingerprint density at radius 1 is 1.47 bits per heavy atom. The second-order valence-corrected chi connectivity index (χ2v) is 4.77. The van der Waals surface area contributed by atoms with Gasteiger partial charge in [-0.3, -0.25) is 4.79 Å². The first-order valence-electron chi connectivity index (χ1n) is 5.70. The number of nitrogen functional groups attached to an aromatic ring is 1. The first-order valence-corrected chi connectivity index (χ1v) is 6.52. The smallest absolute Gasteiger partial charge is 0.253 e. The number of nitrogens with one attached hydrogen (secondary N) is 2. The summed E-state index contributed by atoms with van der Waals surface area (Å²) >= 11 is 1.24. The lowest BCUT2D eigenvalue weighted by Crippen LogP contribution is -2.09. The molecule has 0 aliphatic carbocycles. The van der Waals surface area contributed by atoms with E-state index in [2.05, 4.69) is 25.3 Å². The molecule has 0 unspecified atom stereocenters. The van der Waals surface area contributed by atoms with Crippen molar-refractivity contribution in [2.75, 3.05) is 17.6 Å². The molecule has 0 fully saturated rings. The molecule has 0 spiro atoms. The van der Waals surface area contributed by atoms with Crippen molar-refractivity contribution in [1.82, 2.24) is 19.9 Å². The number of aromatic nitrogens is 4. The average molecular weight is 278 g/mol. The quantitative estimate of drug-likeness (QED) is 0.566. The first kappa shape index (κ1) is 13.3. The first-order chi connectivity index (χ1) is 9.08. The van der Waals surface area contributed by atoms with Gasteiger partial charge in [-0.05, 0) is 25.6 Å². The minimum Gasteiger partial charge on any atom is -0.383 e. The van der Waals surface area contributed by atoms with E-state index in [0.717, 1.165) is 17.1 Å². The van der Waals surface area contributed by atoms with Crippen LogP contribution in [0.1, 0.15) is 12.5 Å². The third-order valence-corrected chi connectivity index (χ3v) is 3.19. The molecular weight excluding hydrogens is 264 g/mol. The molecule has 100 valence electrons. The molecule has 2 aromatic heterocycles. The van der Waals surface area contributed by atoms with Crippen molar-refractivity contribution in [2.24, 2.45) is 0 Å². The van der Waals surface area contributed by atoms with Crippen molar-refractivity contribution in [3.05, 3.63) is 28.2 Å². The van der Waals surface area contributed by atoms with Gasteiger partial charge in [0.15, 0.2) is 5.16 Å². The van der Waals surface area contributed by atoms with Crippen LogP contribution in [0, 0.1) is 6.92 Å². The molecule has 0 amide bonds. The Morgan fingerprint density at radius 2 is 2.26 bits per heavy atom. The summed E-state index contributed by atoms with van der Waals surface area (Å²) in [5, 5.41) is 4.16. The third-order valence-electron chi connectivity index (χ3n) is 2.19. The van der Waals surface area contributed by atoms with Crippen LogP contribution in [0.15, 0.2) is 27.2 Å². The molecule has 0 radical (unpaired) electrons. The molecule has 2 heterocycles. The SMILES string of the molecule is CCNc1ncc(C)c(Sc2nc(N)cc(=O)[nH]2)n1. The van der Waals surface area contributed by atoms with Gasteiger partial charge in [0.05, 0.1) is 0 Å². The van der Waals surface area contributed by atoms with Gasteiger partial charge in [0.2, 0.25) is 5.95 Å². The van der Waals surface area contributed by atoms with Crippen molar-refractivity contribution >= 4 is 23.5 Å². The van der Waals surface area contributed by atoms with E-state index < -0.39 is 0 Å². The molecule has 4 N–H and O–H groups in total. The van der Waals surface area contributed by atoms with E-state index in [1.54, 1.807) is 6.20 Å².